The Kier molecular flexibility index (Phi) is 5.14. The van der Waals surface area contributed by atoms with Gasteiger partial charge in [-0.15, -0.1) is 0 Å². The monoisotopic (exact) mass is 243 g/mol. The highest BCUT2D eigenvalue weighted by molar-refractivity contribution is 5.86. The molecule has 0 saturated heterocycles. The molecule has 6 heteroatoms. The average molecular weight is 243 g/mol. The zero-order valence-corrected chi connectivity index (χ0v) is 9.84. The molecule has 1 heterocycles. The minimum Gasteiger partial charge on any atom is -0.463 e. The number of esters is 1. The Labute approximate surface area is 99.2 Å². The van der Waals surface area contributed by atoms with Crippen LogP contribution in [0.25, 0.3) is 0 Å². The van der Waals surface area contributed by atoms with Gasteiger partial charge in [0, 0.05) is 0 Å². The van der Waals surface area contributed by atoms with Crippen molar-refractivity contribution >= 4 is 5.97 Å². The third kappa shape index (κ3) is 3.55. The zero-order chi connectivity index (χ0) is 12.8. The van der Waals surface area contributed by atoms with Crippen molar-refractivity contribution in [2.75, 3.05) is 20.3 Å². The van der Waals surface area contributed by atoms with E-state index in [-0.39, 0.29) is 25.0 Å². The Bertz CT molecular complexity index is 358. The lowest BCUT2D eigenvalue weighted by molar-refractivity contribution is 0.0561. The lowest BCUT2D eigenvalue weighted by Crippen LogP contribution is -2.37. The van der Waals surface area contributed by atoms with E-state index in [1.165, 1.54) is 13.2 Å². The van der Waals surface area contributed by atoms with E-state index in [4.69, 9.17) is 14.6 Å². The van der Waals surface area contributed by atoms with E-state index in [1.807, 2.05) is 0 Å². The molecule has 17 heavy (non-hydrogen) atoms. The van der Waals surface area contributed by atoms with E-state index in [2.05, 4.69) is 10.1 Å². The van der Waals surface area contributed by atoms with Crippen LogP contribution in [0.1, 0.15) is 29.3 Å². The smallest absolute Gasteiger partial charge is 0.373 e. The number of rotatable bonds is 6. The topological polar surface area (TPSA) is 91.9 Å². The summed E-state index contributed by atoms with van der Waals surface area (Å²) in [6, 6.07) is 2.52. The van der Waals surface area contributed by atoms with Gasteiger partial charge in [-0.3, -0.25) is 0 Å². The van der Waals surface area contributed by atoms with Crippen molar-refractivity contribution in [3.63, 3.8) is 0 Å². The van der Waals surface area contributed by atoms with E-state index in [0.29, 0.717) is 5.76 Å². The average Bonchev–Trinajstić information content (AvgIpc) is 2.84. The molecule has 96 valence electrons. The first kappa shape index (κ1) is 13.7. The lowest BCUT2D eigenvalue weighted by atomic mass is 10.2. The van der Waals surface area contributed by atoms with Crippen LogP contribution < -0.4 is 5.32 Å². The van der Waals surface area contributed by atoms with Gasteiger partial charge in [0.1, 0.15) is 5.76 Å². The molecule has 0 amide bonds. The van der Waals surface area contributed by atoms with Gasteiger partial charge in [0.15, 0.2) is 0 Å². The normalized spacial score (nSPS) is 12.8. The number of methoxy groups -OCH3 is 1. The number of hydrogen-bond acceptors (Lipinski definition) is 6. The maximum absolute atomic E-state index is 11.2. The third-order valence-electron chi connectivity index (χ3n) is 2.37. The van der Waals surface area contributed by atoms with Crippen LogP contribution in [-0.2, 0) is 4.74 Å². The Hall–Kier alpha value is -1.37. The number of aliphatic hydroxyl groups is 2. The minimum atomic E-state index is -0.538. The molecule has 1 rings (SSSR count). The summed E-state index contributed by atoms with van der Waals surface area (Å²) >= 11 is 0. The van der Waals surface area contributed by atoms with E-state index in [0.717, 1.165) is 0 Å². The first-order chi connectivity index (χ1) is 8.12. The van der Waals surface area contributed by atoms with Crippen molar-refractivity contribution in [1.82, 2.24) is 5.32 Å². The Morgan fingerprint density at radius 3 is 2.65 bits per heavy atom. The fourth-order valence-electron chi connectivity index (χ4n) is 1.39. The molecule has 1 aromatic heterocycles. The molecule has 1 aromatic rings. The first-order valence-corrected chi connectivity index (χ1v) is 5.28. The molecular weight excluding hydrogens is 226 g/mol. The van der Waals surface area contributed by atoms with Gasteiger partial charge in [-0.25, -0.2) is 4.79 Å². The number of carbonyl (C=O) groups is 1. The van der Waals surface area contributed by atoms with E-state index in [1.54, 1.807) is 13.0 Å². The molecule has 0 spiro atoms. The summed E-state index contributed by atoms with van der Waals surface area (Å²) in [5.41, 5.74) is 0. The van der Waals surface area contributed by atoms with Crippen molar-refractivity contribution in [1.29, 1.82) is 0 Å². The van der Waals surface area contributed by atoms with Crippen LogP contribution in [-0.4, -0.2) is 42.5 Å². The molecule has 3 N–H and O–H groups in total. The summed E-state index contributed by atoms with van der Waals surface area (Å²) in [5, 5.41) is 20.8. The van der Waals surface area contributed by atoms with Gasteiger partial charge < -0.3 is 24.7 Å². The zero-order valence-electron chi connectivity index (χ0n) is 9.84. The number of aliphatic hydroxyl groups excluding tert-OH is 2. The number of carbonyl (C=O) groups excluding carboxylic acids is 1. The molecule has 1 atom stereocenters. The second-order valence-electron chi connectivity index (χ2n) is 3.64. The van der Waals surface area contributed by atoms with Crippen LogP contribution >= 0.6 is 0 Å². The van der Waals surface area contributed by atoms with E-state index < -0.39 is 12.0 Å². The largest absolute Gasteiger partial charge is 0.463 e. The third-order valence-corrected chi connectivity index (χ3v) is 2.37. The highest BCUT2D eigenvalue weighted by Crippen LogP contribution is 2.17. The molecule has 0 saturated carbocycles. The standard InChI is InChI=1S/C11H17NO5/c1-7(12-8(5-13)6-14)9-3-4-10(17-9)11(15)16-2/h3-4,7-8,12-14H,5-6H2,1-2H3. The van der Waals surface area contributed by atoms with Crippen molar-refractivity contribution in [3.05, 3.63) is 23.7 Å². The molecule has 0 aliphatic heterocycles. The van der Waals surface area contributed by atoms with Gasteiger partial charge in [0.25, 0.3) is 0 Å². The number of nitrogens with one attached hydrogen (secondary N) is 1. The molecule has 1 unspecified atom stereocenters. The van der Waals surface area contributed by atoms with Crippen molar-refractivity contribution in [2.24, 2.45) is 0 Å². The quantitative estimate of drug-likeness (QED) is 0.612. The van der Waals surface area contributed by atoms with E-state index in [9.17, 15) is 4.79 Å². The predicted molar refractivity (Wildman–Crippen MR) is 59.6 cm³/mol. The molecule has 0 aliphatic carbocycles. The summed E-state index contributed by atoms with van der Waals surface area (Å²) in [4.78, 5) is 11.2. The second-order valence-corrected chi connectivity index (χ2v) is 3.64. The van der Waals surface area contributed by atoms with Gasteiger partial charge in [-0.05, 0) is 19.1 Å². The molecule has 0 radical (unpaired) electrons. The molecule has 0 bridgehead atoms. The highest BCUT2D eigenvalue weighted by Gasteiger charge is 2.17. The van der Waals surface area contributed by atoms with Gasteiger partial charge >= 0.3 is 5.97 Å². The fourth-order valence-corrected chi connectivity index (χ4v) is 1.39. The number of hydrogen-bond donors (Lipinski definition) is 3. The first-order valence-electron chi connectivity index (χ1n) is 5.28. The predicted octanol–water partition coefficient (Wildman–Crippen LogP) is 0.0700. The molecule has 0 fully saturated rings. The summed E-state index contributed by atoms with van der Waals surface area (Å²) in [7, 11) is 1.28. The van der Waals surface area contributed by atoms with Crippen molar-refractivity contribution in [3.8, 4) is 0 Å². The van der Waals surface area contributed by atoms with E-state index >= 15 is 0 Å². The highest BCUT2D eigenvalue weighted by atomic mass is 16.5. The second kappa shape index (κ2) is 6.39. The molecule has 6 nitrogen and oxygen atoms in total. The summed E-state index contributed by atoms with van der Waals surface area (Å²) in [5.74, 6) is 0.127. The Morgan fingerprint density at radius 2 is 2.12 bits per heavy atom. The van der Waals surface area contributed by atoms with Gasteiger partial charge in [-0.1, -0.05) is 0 Å². The van der Waals surface area contributed by atoms with Gasteiger partial charge in [-0.2, -0.15) is 0 Å². The van der Waals surface area contributed by atoms with Crippen molar-refractivity contribution < 1.29 is 24.2 Å². The number of ether oxygens (including phenoxy) is 1. The Balaban J connectivity index is 2.66. The summed E-state index contributed by atoms with van der Waals surface area (Å²) in [6.45, 7) is 1.45. The lowest BCUT2D eigenvalue weighted by Gasteiger charge is -2.18. The molecule has 0 aromatic carbocycles. The van der Waals surface area contributed by atoms with Crippen molar-refractivity contribution in [2.45, 2.75) is 19.0 Å². The molecular formula is C11H17NO5. The van der Waals surface area contributed by atoms with Crippen LogP contribution in [0, 0.1) is 0 Å². The SMILES string of the molecule is COC(=O)c1ccc(C(C)NC(CO)CO)o1. The van der Waals surface area contributed by atoms with Crippen LogP contribution in [0.2, 0.25) is 0 Å². The maximum Gasteiger partial charge on any atom is 0.373 e. The fraction of sp³-hybridized carbons (Fsp3) is 0.545. The molecule has 0 aliphatic rings. The number of furan rings is 1. The van der Waals surface area contributed by atoms with Crippen LogP contribution in [0.15, 0.2) is 16.5 Å². The van der Waals surface area contributed by atoms with Gasteiger partial charge in [0.05, 0.1) is 32.4 Å². The minimum absolute atomic E-state index is 0.126. The van der Waals surface area contributed by atoms with Crippen LogP contribution in [0.5, 0.6) is 0 Å². The van der Waals surface area contributed by atoms with Gasteiger partial charge in [0.2, 0.25) is 5.76 Å². The Morgan fingerprint density at radius 1 is 1.47 bits per heavy atom. The summed E-state index contributed by atoms with van der Waals surface area (Å²) in [6.07, 6.45) is 0. The maximum atomic E-state index is 11.2. The summed E-state index contributed by atoms with van der Waals surface area (Å²) < 4.78 is 9.81. The van der Waals surface area contributed by atoms with Crippen LogP contribution in [0.3, 0.4) is 0 Å². The van der Waals surface area contributed by atoms with Crippen LogP contribution in [0.4, 0.5) is 0 Å².